The second kappa shape index (κ2) is 5.67. The summed E-state index contributed by atoms with van der Waals surface area (Å²) in [6, 6.07) is 19.3. The van der Waals surface area contributed by atoms with Gasteiger partial charge in [-0.05, 0) is 48.0 Å². The van der Waals surface area contributed by atoms with Gasteiger partial charge < -0.3 is 14.4 Å². The third kappa shape index (κ3) is 2.52. The molecule has 25 heavy (non-hydrogen) atoms. The van der Waals surface area contributed by atoms with Gasteiger partial charge >= 0.3 is 0 Å². The number of rotatable bonds is 2. The molecule has 0 saturated heterocycles. The third-order valence-corrected chi connectivity index (χ3v) is 4.52. The van der Waals surface area contributed by atoms with Crippen LogP contribution in [0.1, 0.15) is 5.56 Å². The van der Waals surface area contributed by atoms with E-state index in [2.05, 4.69) is 6.07 Å². The van der Waals surface area contributed by atoms with Crippen molar-refractivity contribution in [3.63, 3.8) is 0 Å². The van der Waals surface area contributed by atoms with Gasteiger partial charge in [0.2, 0.25) is 0 Å². The van der Waals surface area contributed by atoms with Crippen LogP contribution in [0.15, 0.2) is 65.5 Å². The Morgan fingerprint density at radius 3 is 2.40 bits per heavy atom. The average Bonchev–Trinajstić information content (AvgIpc) is 2.64. The average molecular weight is 331 g/mol. The number of pyridine rings is 1. The van der Waals surface area contributed by atoms with Crippen molar-refractivity contribution in [3.05, 3.63) is 76.6 Å². The van der Waals surface area contributed by atoms with Gasteiger partial charge in [-0.15, -0.1) is 0 Å². The highest BCUT2D eigenvalue weighted by atomic mass is 16.5. The van der Waals surface area contributed by atoms with Gasteiger partial charge in [0.05, 0.1) is 11.1 Å². The maximum atomic E-state index is 12.1. The zero-order valence-electron chi connectivity index (χ0n) is 14.0. The molecule has 3 aromatic carbocycles. The third-order valence-electron chi connectivity index (χ3n) is 4.52. The summed E-state index contributed by atoms with van der Waals surface area (Å²) in [5, 5.41) is 13.2. The Labute approximate surface area is 144 Å². The molecule has 0 fully saturated rings. The molecular weight excluding hydrogens is 314 g/mol. The maximum Gasteiger partial charge on any atom is 0.257 e. The van der Waals surface area contributed by atoms with E-state index in [4.69, 9.17) is 4.74 Å². The number of ether oxygens (including phenoxy) is 1. The number of hydrogen-bond donors (Lipinski definition) is 1. The van der Waals surface area contributed by atoms with Crippen LogP contribution in [0.2, 0.25) is 0 Å². The van der Waals surface area contributed by atoms with Gasteiger partial charge in [0.15, 0.2) is 0 Å². The molecule has 1 heterocycles. The lowest BCUT2D eigenvalue weighted by Gasteiger charge is -2.12. The van der Waals surface area contributed by atoms with Crippen molar-refractivity contribution < 1.29 is 9.84 Å². The molecule has 1 N–H and O–H groups in total. The number of fused-ring (bicyclic) bond motifs is 2. The molecule has 4 nitrogen and oxygen atoms in total. The fourth-order valence-corrected chi connectivity index (χ4v) is 3.09. The van der Waals surface area contributed by atoms with Gasteiger partial charge in [0, 0.05) is 12.4 Å². The first-order chi connectivity index (χ1) is 12.0. The highest BCUT2D eigenvalue weighted by molar-refractivity contribution is 5.88. The smallest absolute Gasteiger partial charge is 0.257 e. The molecule has 0 amide bonds. The van der Waals surface area contributed by atoms with E-state index in [9.17, 15) is 9.90 Å². The monoisotopic (exact) mass is 331 g/mol. The van der Waals surface area contributed by atoms with E-state index in [1.165, 1.54) is 4.57 Å². The fourth-order valence-electron chi connectivity index (χ4n) is 3.09. The van der Waals surface area contributed by atoms with Crippen LogP contribution in [0, 0.1) is 6.92 Å². The molecule has 124 valence electrons. The maximum absolute atomic E-state index is 12.1. The zero-order chi connectivity index (χ0) is 17.6. The van der Waals surface area contributed by atoms with Crippen molar-refractivity contribution >= 4 is 21.7 Å². The van der Waals surface area contributed by atoms with Gasteiger partial charge in [-0.25, -0.2) is 0 Å². The van der Waals surface area contributed by atoms with E-state index >= 15 is 0 Å². The van der Waals surface area contributed by atoms with Crippen LogP contribution in [0.5, 0.6) is 17.2 Å². The van der Waals surface area contributed by atoms with Gasteiger partial charge in [-0.2, -0.15) is 0 Å². The number of benzene rings is 3. The van der Waals surface area contributed by atoms with Crippen LogP contribution in [-0.4, -0.2) is 9.67 Å². The molecule has 0 radical (unpaired) electrons. The fraction of sp³-hybridized carbons (Fsp3) is 0.0952. The summed E-state index contributed by atoms with van der Waals surface area (Å²) in [6.45, 7) is 1.62. The molecule has 1 aromatic heterocycles. The summed E-state index contributed by atoms with van der Waals surface area (Å²) in [5.41, 5.74) is 0.796. The topological polar surface area (TPSA) is 51.5 Å². The molecule has 0 spiro atoms. The minimum absolute atomic E-state index is 0.00191. The van der Waals surface area contributed by atoms with Crippen molar-refractivity contribution in [2.45, 2.75) is 6.92 Å². The summed E-state index contributed by atoms with van der Waals surface area (Å²) in [6.07, 6.45) is 0. The lowest BCUT2D eigenvalue weighted by molar-refractivity contribution is 0.471. The summed E-state index contributed by atoms with van der Waals surface area (Å²) >= 11 is 0. The molecule has 4 heteroatoms. The van der Waals surface area contributed by atoms with Gasteiger partial charge in [-0.3, -0.25) is 4.79 Å². The molecule has 0 bridgehead atoms. The Hall–Kier alpha value is -3.27. The van der Waals surface area contributed by atoms with E-state index < -0.39 is 0 Å². The van der Waals surface area contributed by atoms with Crippen molar-refractivity contribution in [3.8, 4) is 17.2 Å². The molecule has 0 atom stereocenters. The Morgan fingerprint density at radius 2 is 1.60 bits per heavy atom. The first kappa shape index (κ1) is 15.3. The largest absolute Gasteiger partial charge is 0.507 e. The normalized spacial score (nSPS) is 11.1. The van der Waals surface area contributed by atoms with Gasteiger partial charge in [0.1, 0.15) is 17.2 Å². The van der Waals surface area contributed by atoms with Gasteiger partial charge in [-0.1, -0.05) is 30.3 Å². The standard InChI is InChI=1S/C21H17NO3/c1-13-20(23)18-12-17(9-10-19(18)22(2)21(13)24)25-16-8-7-14-5-3-4-6-15(14)11-16/h3-12,23H,1-2H3. The summed E-state index contributed by atoms with van der Waals surface area (Å²) < 4.78 is 7.49. The van der Waals surface area contributed by atoms with Crippen molar-refractivity contribution in [1.29, 1.82) is 0 Å². The van der Waals surface area contributed by atoms with Crippen LogP contribution in [0.25, 0.3) is 21.7 Å². The number of hydrogen-bond acceptors (Lipinski definition) is 3. The Morgan fingerprint density at radius 1 is 0.920 bits per heavy atom. The number of aromatic hydroxyl groups is 1. The number of nitrogens with zero attached hydrogens (tertiary/aromatic N) is 1. The highest BCUT2D eigenvalue weighted by Gasteiger charge is 2.12. The lowest BCUT2D eigenvalue weighted by Crippen LogP contribution is -2.19. The first-order valence-corrected chi connectivity index (χ1v) is 8.03. The van der Waals surface area contributed by atoms with Gasteiger partial charge in [0.25, 0.3) is 5.56 Å². The number of aryl methyl sites for hydroxylation is 1. The van der Waals surface area contributed by atoms with Crippen LogP contribution in [0.3, 0.4) is 0 Å². The molecule has 4 aromatic rings. The lowest BCUT2D eigenvalue weighted by atomic mass is 10.1. The molecule has 0 saturated carbocycles. The van der Waals surface area contributed by atoms with Crippen LogP contribution in [0.4, 0.5) is 0 Å². The number of aromatic nitrogens is 1. The minimum atomic E-state index is -0.201. The summed E-state index contributed by atoms with van der Waals surface area (Å²) in [4.78, 5) is 12.1. The summed E-state index contributed by atoms with van der Waals surface area (Å²) in [7, 11) is 1.70. The van der Waals surface area contributed by atoms with Crippen LogP contribution < -0.4 is 10.3 Å². The van der Waals surface area contributed by atoms with Crippen LogP contribution in [-0.2, 0) is 7.05 Å². The van der Waals surface area contributed by atoms with Crippen molar-refractivity contribution in [1.82, 2.24) is 4.57 Å². The molecule has 4 rings (SSSR count). The Bertz CT molecular complexity index is 1180. The SMILES string of the molecule is Cc1c(O)c2cc(Oc3ccc4ccccc4c3)ccc2n(C)c1=O. The van der Waals surface area contributed by atoms with E-state index in [0.717, 1.165) is 16.5 Å². The van der Waals surface area contributed by atoms with Crippen molar-refractivity contribution in [2.24, 2.45) is 7.05 Å². The minimum Gasteiger partial charge on any atom is -0.507 e. The van der Waals surface area contributed by atoms with Crippen molar-refractivity contribution in [2.75, 3.05) is 0 Å². The Kier molecular flexibility index (Phi) is 3.46. The van der Waals surface area contributed by atoms with E-state index in [0.29, 0.717) is 22.2 Å². The summed E-state index contributed by atoms with van der Waals surface area (Å²) in [5.74, 6) is 1.33. The van der Waals surface area contributed by atoms with E-state index in [-0.39, 0.29) is 11.3 Å². The zero-order valence-corrected chi connectivity index (χ0v) is 14.0. The molecule has 0 aliphatic heterocycles. The van der Waals surface area contributed by atoms with E-state index in [1.54, 1.807) is 32.2 Å². The van der Waals surface area contributed by atoms with Crippen LogP contribution >= 0.6 is 0 Å². The first-order valence-electron chi connectivity index (χ1n) is 8.03. The quantitative estimate of drug-likeness (QED) is 0.588. The second-order valence-electron chi connectivity index (χ2n) is 6.13. The highest BCUT2D eigenvalue weighted by Crippen LogP contribution is 2.32. The molecule has 0 unspecified atom stereocenters. The molecule has 0 aliphatic carbocycles. The predicted octanol–water partition coefficient (Wildman–Crippen LogP) is 4.50. The molecule has 0 aliphatic rings. The van der Waals surface area contributed by atoms with E-state index in [1.807, 2.05) is 36.4 Å². The Balaban J connectivity index is 1.80. The molecular formula is C21H17NO3. The predicted molar refractivity (Wildman–Crippen MR) is 99.6 cm³/mol. The second-order valence-corrected chi connectivity index (χ2v) is 6.13.